The fourth-order valence-corrected chi connectivity index (χ4v) is 3.84. The Hall–Kier alpha value is -1.26. The van der Waals surface area contributed by atoms with Crippen LogP contribution in [0.1, 0.15) is 5.56 Å². The van der Waals surface area contributed by atoms with Crippen molar-refractivity contribution in [1.29, 1.82) is 0 Å². The van der Waals surface area contributed by atoms with Crippen molar-refractivity contribution in [2.75, 3.05) is 58.8 Å². The molecule has 1 saturated heterocycles. The van der Waals surface area contributed by atoms with Gasteiger partial charge in [-0.1, -0.05) is 6.07 Å². The van der Waals surface area contributed by atoms with E-state index in [0.717, 1.165) is 39.4 Å². The van der Waals surface area contributed by atoms with Crippen LogP contribution in [0.25, 0.3) is 0 Å². The minimum absolute atomic E-state index is 0.276. The summed E-state index contributed by atoms with van der Waals surface area (Å²) in [6.07, 6.45) is 0. The molecule has 0 saturated carbocycles. The molecule has 0 aromatic heterocycles. The van der Waals surface area contributed by atoms with Gasteiger partial charge in [0.05, 0.1) is 18.1 Å². The number of morpholine rings is 1. The number of anilines is 1. The molecule has 140 valence electrons. The quantitative estimate of drug-likeness (QED) is 0.703. The lowest BCUT2D eigenvalue weighted by Crippen LogP contribution is -2.42. The van der Waals surface area contributed by atoms with Gasteiger partial charge in [-0.15, -0.1) is 0 Å². The Morgan fingerprint density at radius 3 is 2.64 bits per heavy atom. The summed E-state index contributed by atoms with van der Waals surface area (Å²) in [6, 6.07) is 5.20. The summed E-state index contributed by atoms with van der Waals surface area (Å²) in [5.41, 5.74) is 1.35. The van der Waals surface area contributed by atoms with Crippen molar-refractivity contribution in [3.8, 4) is 0 Å². The molecule has 0 amide bonds. The van der Waals surface area contributed by atoms with Gasteiger partial charge in [-0.2, -0.15) is 0 Å². The van der Waals surface area contributed by atoms with Gasteiger partial charge < -0.3 is 15.4 Å². The standard InChI is InChI=1S/C16H26N4O3S2/c1-13-4-5-14(12-15(13)25(21,22)19(2)3)18-16(24)17-6-7-20-8-10-23-11-9-20/h4-5,12H,6-11H2,1-3H3,(H2,17,18,24). The lowest BCUT2D eigenvalue weighted by atomic mass is 10.2. The van der Waals surface area contributed by atoms with Crippen LogP contribution >= 0.6 is 12.2 Å². The molecule has 9 heteroatoms. The zero-order chi connectivity index (χ0) is 18.4. The van der Waals surface area contributed by atoms with E-state index < -0.39 is 10.0 Å². The normalized spacial score (nSPS) is 16.0. The van der Waals surface area contributed by atoms with Crippen LogP contribution in [0.4, 0.5) is 5.69 Å². The molecule has 2 rings (SSSR count). The van der Waals surface area contributed by atoms with E-state index in [-0.39, 0.29) is 4.90 Å². The van der Waals surface area contributed by atoms with E-state index in [1.54, 1.807) is 19.1 Å². The van der Waals surface area contributed by atoms with Gasteiger partial charge in [0, 0.05) is 46.0 Å². The molecule has 0 aliphatic carbocycles. The van der Waals surface area contributed by atoms with Crippen LogP contribution in [0.2, 0.25) is 0 Å². The van der Waals surface area contributed by atoms with E-state index in [2.05, 4.69) is 15.5 Å². The molecular weight excluding hydrogens is 360 g/mol. The van der Waals surface area contributed by atoms with Gasteiger partial charge in [0.2, 0.25) is 10.0 Å². The molecule has 0 bridgehead atoms. The molecule has 0 radical (unpaired) electrons. The predicted octanol–water partition coefficient (Wildman–Crippen LogP) is 0.864. The van der Waals surface area contributed by atoms with Crippen molar-refractivity contribution >= 4 is 33.0 Å². The lowest BCUT2D eigenvalue weighted by Gasteiger charge is -2.26. The molecule has 25 heavy (non-hydrogen) atoms. The largest absolute Gasteiger partial charge is 0.379 e. The lowest BCUT2D eigenvalue weighted by molar-refractivity contribution is 0.0389. The number of thiocarbonyl (C=S) groups is 1. The third-order valence-electron chi connectivity index (χ3n) is 4.02. The van der Waals surface area contributed by atoms with Crippen molar-refractivity contribution < 1.29 is 13.2 Å². The summed E-state index contributed by atoms with van der Waals surface area (Å²) >= 11 is 5.30. The van der Waals surface area contributed by atoms with Gasteiger partial charge in [0.25, 0.3) is 0 Å². The molecule has 1 aromatic rings. The second-order valence-corrected chi connectivity index (χ2v) is 8.63. The van der Waals surface area contributed by atoms with E-state index in [1.165, 1.54) is 18.4 Å². The maximum atomic E-state index is 12.4. The maximum Gasteiger partial charge on any atom is 0.242 e. The van der Waals surface area contributed by atoms with Gasteiger partial charge in [0.1, 0.15) is 0 Å². The molecule has 0 spiro atoms. The van der Waals surface area contributed by atoms with Crippen LogP contribution in [0.3, 0.4) is 0 Å². The molecule has 0 atom stereocenters. The van der Waals surface area contributed by atoms with Crippen LogP contribution < -0.4 is 10.6 Å². The molecule has 1 fully saturated rings. The van der Waals surface area contributed by atoms with E-state index in [9.17, 15) is 8.42 Å². The number of benzene rings is 1. The average molecular weight is 387 g/mol. The summed E-state index contributed by atoms with van der Waals surface area (Å²) in [5.74, 6) is 0. The van der Waals surface area contributed by atoms with Crippen molar-refractivity contribution in [2.45, 2.75) is 11.8 Å². The third kappa shape index (κ3) is 5.61. The number of aryl methyl sites for hydroxylation is 1. The minimum atomic E-state index is -3.49. The molecule has 1 aliphatic heterocycles. The average Bonchev–Trinajstić information content (AvgIpc) is 2.57. The predicted molar refractivity (Wildman–Crippen MR) is 104 cm³/mol. The van der Waals surface area contributed by atoms with Crippen molar-refractivity contribution in [3.05, 3.63) is 23.8 Å². The van der Waals surface area contributed by atoms with E-state index in [1.807, 2.05) is 6.07 Å². The molecule has 1 aromatic carbocycles. The molecule has 7 nitrogen and oxygen atoms in total. The van der Waals surface area contributed by atoms with Gasteiger partial charge in [0.15, 0.2) is 5.11 Å². The van der Waals surface area contributed by atoms with Gasteiger partial charge in [-0.3, -0.25) is 4.90 Å². The van der Waals surface area contributed by atoms with Crippen molar-refractivity contribution in [2.24, 2.45) is 0 Å². The number of ether oxygens (including phenoxy) is 1. The van der Waals surface area contributed by atoms with E-state index >= 15 is 0 Å². The first kappa shape index (κ1) is 20.1. The number of nitrogens with zero attached hydrogens (tertiary/aromatic N) is 2. The molecule has 2 N–H and O–H groups in total. The fourth-order valence-electron chi connectivity index (χ4n) is 2.48. The van der Waals surface area contributed by atoms with Crippen LogP contribution in [0.15, 0.2) is 23.1 Å². The Morgan fingerprint density at radius 2 is 2.00 bits per heavy atom. The van der Waals surface area contributed by atoms with Crippen molar-refractivity contribution in [3.63, 3.8) is 0 Å². The smallest absolute Gasteiger partial charge is 0.242 e. The van der Waals surface area contributed by atoms with E-state index in [0.29, 0.717) is 16.4 Å². The Kier molecular flexibility index (Phi) is 7.14. The highest BCUT2D eigenvalue weighted by Crippen LogP contribution is 2.22. The topological polar surface area (TPSA) is 73.9 Å². The monoisotopic (exact) mass is 386 g/mol. The summed E-state index contributed by atoms with van der Waals surface area (Å²) < 4.78 is 31.3. The minimum Gasteiger partial charge on any atom is -0.379 e. The summed E-state index contributed by atoms with van der Waals surface area (Å²) in [4.78, 5) is 2.59. The number of sulfonamides is 1. The zero-order valence-electron chi connectivity index (χ0n) is 14.9. The fraction of sp³-hybridized carbons (Fsp3) is 0.562. The highest BCUT2D eigenvalue weighted by molar-refractivity contribution is 7.89. The number of hydrogen-bond acceptors (Lipinski definition) is 5. The maximum absolute atomic E-state index is 12.4. The van der Waals surface area contributed by atoms with Gasteiger partial charge >= 0.3 is 0 Å². The molecule has 1 heterocycles. The zero-order valence-corrected chi connectivity index (χ0v) is 16.5. The van der Waals surface area contributed by atoms with Crippen LogP contribution in [-0.4, -0.2) is 76.2 Å². The summed E-state index contributed by atoms with van der Waals surface area (Å²) in [5, 5.41) is 6.68. The summed E-state index contributed by atoms with van der Waals surface area (Å²) in [6.45, 7) is 6.81. The van der Waals surface area contributed by atoms with Crippen LogP contribution in [0, 0.1) is 6.92 Å². The second kappa shape index (κ2) is 8.91. The number of hydrogen-bond donors (Lipinski definition) is 2. The first-order valence-electron chi connectivity index (χ1n) is 8.19. The SMILES string of the molecule is Cc1ccc(NC(=S)NCCN2CCOCC2)cc1S(=O)(=O)N(C)C. The number of nitrogens with one attached hydrogen (secondary N) is 2. The first-order valence-corrected chi connectivity index (χ1v) is 10.0. The molecule has 0 unspecified atom stereocenters. The Labute approximate surface area is 155 Å². The highest BCUT2D eigenvalue weighted by atomic mass is 32.2. The molecular formula is C16H26N4O3S2. The Balaban J connectivity index is 1.92. The Morgan fingerprint density at radius 1 is 1.32 bits per heavy atom. The Bertz CT molecular complexity index is 701. The third-order valence-corrected chi connectivity index (χ3v) is 6.23. The first-order chi connectivity index (χ1) is 11.8. The second-order valence-electron chi connectivity index (χ2n) is 6.10. The highest BCUT2D eigenvalue weighted by Gasteiger charge is 2.20. The van der Waals surface area contributed by atoms with E-state index in [4.69, 9.17) is 17.0 Å². The van der Waals surface area contributed by atoms with Crippen LogP contribution in [-0.2, 0) is 14.8 Å². The van der Waals surface area contributed by atoms with Crippen molar-refractivity contribution in [1.82, 2.24) is 14.5 Å². The summed E-state index contributed by atoms with van der Waals surface area (Å²) in [7, 11) is -0.445. The van der Waals surface area contributed by atoms with Crippen LogP contribution in [0.5, 0.6) is 0 Å². The number of rotatable bonds is 6. The van der Waals surface area contributed by atoms with Gasteiger partial charge in [-0.25, -0.2) is 12.7 Å². The molecule has 1 aliphatic rings. The van der Waals surface area contributed by atoms with Gasteiger partial charge in [-0.05, 0) is 36.8 Å².